The zero-order valence-electron chi connectivity index (χ0n) is 12.8. The predicted molar refractivity (Wildman–Crippen MR) is 87.2 cm³/mol. The van der Waals surface area contributed by atoms with Gasteiger partial charge in [-0.05, 0) is 30.6 Å². The van der Waals surface area contributed by atoms with E-state index < -0.39 is 40.4 Å². The zero-order chi connectivity index (χ0) is 17.9. The zero-order valence-corrected chi connectivity index (χ0v) is 14.4. The van der Waals surface area contributed by atoms with Gasteiger partial charge >= 0.3 is 5.97 Å². The van der Waals surface area contributed by atoms with E-state index in [9.17, 15) is 22.8 Å². The molecule has 1 aromatic carbocycles. The van der Waals surface area contributed by atoms with Gasteiger partial charge in [-0.2, -0.15) is 11.8 Å². The summed E-state index contributed by atoms with van der Waals surface area (Å²) in [6.07, 6.45) is 2.00. The van der Waals surface area contributed by atoms with Crippen LogP contribution in [0.15, 0.2) is 29.2 Å². The Hall–Kier alpha value is -2.07. The average molecular weight is 372 g/mol. The average Bonchev–Trinajstić information content (AvgIpc) is 2.72. The standard InChI is InChI=1S/C14H16N2O6S2/c1-23-7-6-10(14(19)20)15-12(17)8-16-13(18)9-4-2-3-5-11(9)24(16,21)22/h2-5,10H,6-8H2,1H3,(H,15,17)(H,19,20). The molecule has 1 aromatic rings. The molecule has 1 aliphatic rings. The summed E-state index contributed by atoms with van der Waals surface area (Å²) < 4.78 is 25.1. The van der Waals surface area contributed by atoms with Crippen LogP contribution in [0.2, 0.25) is 0 Å². The second-order valence-corrected chi connectivity index (χ2v) is 7.87. The maximum Gasteiger partial charge on any atom is 0.326 e. The Morgan fingerprint density at radius 3 is 2.58 bits per heavy atom. The predicted octanol–water partition coefficient (Wildman–Crippen LogP) is 0.154. The molecule has 2 rings (SSSR count). The fourth-order valence-corrected chi connectivity index (χ4v) is 4.25. The Labute approximate surface area is 143 Å². The molecule has 0 radical (unpaired) electrons. The summed E-state index contributed by atoms with van der Waals surface area (Å²) >= 11 is 1.42. The number of hydrogen-bond donors (Lipinski definition) is 2. The fraction of sp³-hybridized carbons (Fsp3) is 0.357. The van der Waals surface area contributed by atoms with E-state index in [0.717, 1.165) is 0 Å². The second kappa shape index (κ2) is 7.22. The Kier molecular flexibility index (Phi) is 5.50. The van der Waals surface area contributed by atoms with E-state index in [2.05, 4.69) is 5.32 Å². The van der Waals surface area contributed by atoms with Crippen molar-refractivity contribution >= 4 is 39.6 Å². The summed E-state index contributed by atoms with van der Waals surface area (Å²) in [5, 5.41) is 11.3. The van der Waals surface area contributed by atoms with Crippen LogP contribution in [0.1, 0.15) is 16.8 Å². The first-order valence-electron chi connectivity index (χ1n) is 6.96. The molecule has 8 nitrogen and oxygen atoms in total. The summed E-state index contributed by atoms with van der Waals surface area (Å²) in [6, 6.07) is 4.53. The molecule has 1 unspecified atom stereocenters. The summed E-state index contributed by atoms with van der Waals surface area (Å²) in [6.45, 7) is -0.751. The Morgan fingerprint density at radius 1 is 1.33 bits per heavy atom. The highest BCUT2D eigenvalue weighted by molar-refractivity contribution is 7.98. The van der Waals surface area contributed by atoms with Crippen LogP contribution in [0.25, 0.3) is 0 Å². The number of fused-ring (bicyclic) bond motifs is 1. The van der Waals surface area contributed by atoms with Crippen LogP contribution in [-0.4, -0.2) is 60.2 Å². The lowest BCUT2D eigenvalue weighted by atomic mass is 10.2. The minimum absolute atomic E-state index is 0.00228. The van der Waals surface area contributed by atoms with E-state index in [1.54, 1.807) is 6.26 Å². The first-order chi connectivity index (χ1) is 11.3. The number of amides is 2. The van der Waals surface area contributed by atoms with E-state index in [1.165, 1.54) is 36.0 Å². The quantitative estimate of drug-likeness (QED) is 0.699. The van der Waals surface area contributed by atoms with Gasteiger partial charge in [0.15, 0.2) is 0 Å². The molecule has 0 bridgehead atoms. The van der Waals surface area contributed by atoms with Gasteiger partial charge in [-0.3, -0.25) is 9.59 Å². The molecule has 24 heavy (non-hydrogen) atoms. The van der Waals surface area contributed by atoms with Gasteiger partial charge in [0, 0.05) is 0 Å². The van der Waals surface area contributed by atoms with Gasteiger partial charge in [0.2, 0.25) is 5.91 Å². The number of nitrogens with zero attached hydrogens (tertiary/aromatic N) is 1. The highest BCUT2D eigenvalue weighted by atomic mass is 32.2. The molecule has 1 aliphatic heterocycles. The highest BCUT2D eigenvalue weighted by Gasteiger charge is 2.42. The molecular formula is C14H16N2O6S2. The van der Waals surface area contributed by atoms with Gasteiger partial charge in [-0.1, -0.05) is 12.1 Å². The topological polar surface area (TPSA) is 121 Å². The number of aliphatic carboxylic acids is 1. The Balaban J connectivity index is 2.12. The normalized spacial score (nSPS) is 16.5. The summed E-state index contributed by atoms with van der Waals surface area (Å²) in [5.74, 6) is -2.33. The number of hydrogen-bond acceptors (Lipinski definition) is 6. The number of rotatable bonds is 7. The van der Waals surface area contributed by atoms with Gasteiger partial charge < -0.3 is 10.4 Å². The van der Waals surface area contributed by atoms with Crippen molar-refractivity contribution in [1.82, 2.24) is 9.62 Å². The van der Waals surface area contributed by atoms with E-state index >= 15 is 0 Å². The second-order valence-electron chi connectivity index (χ2n) is 5.05. The molecule has 0 saturated heterocycles. The number of thioether (sulfide) groups is 1. The van der Waals surface area contributed by atoms with Crippen LogP contribution in [0.4, 0.5) is 0 Å². The lowest BCUT2D eigenvalue weighted by Gasteiger charge is -2.18. The third-order valence-corrected chi connectivity index (χ3v) is 5.87. The summed E-state index contributed by atoms with van der Waals surface area (Å²) in [7, 11) is -4.09. The first-order valence-corrected chi connectivity index (χ1v) is 9.79. The summed E-state index contributed by atoms with van der Waals surface area (Å²) in [5.41, 5.74) is 0.00228. The van der Waals surface area contributed by atoms with Crippen molar-refractivity contribution in [3.63, 3.8) is 0 Å². The van der Waals surface area contributed by atoms with Crippen LogP contribution in [0, 0.1) is 0 Å². The maximum absolute atomic E-state index is 12.3. The smallest absolute Gasteiger partial charge is 0.326 e. The van der Waals surface area contributed by atoms with E-state index in [-0.39, 0.29) is 16.9 Å². The lowest BCUT2D eigenvalue weighted by molar-refractivity contribution is -0.141. The number of carbonyl (C=O) groups excluding carboxylic acids is 2. The summed E-state index contributed by atoms with van der Waals surface area (Å²) in [4.78, 5) is 35.2. The number of sulfonamides is 1. The monoisotopic (exact) mass is 372 g/mol. The van der Waals surface area contributed by atoms with Crippen LogP contribution in [-0.2, 0) is 19.6 Å². The van der Waals surface area contributed by atoms with E-state index in [0.29, 0.717) is 10.1 Å². The first kappa shape index (κ1) is 18.3. The van der Waals surface area contributed by atoms with Crippen LogP contribution in [0.5, 0.6) is 0 Å². The number of nitrogens with one attached hydrogen (secondary N) is 1. The molecule has 1 atom stereocenters. The van der Waals surface area contributed by atoms with Crippen molar-refractivity contribution in [3.05, 3.63) is 29.8 Å². The molecular weight excluding hydrogens is 356 g/mol. The highest BCUT2D eigenvalue weighted by Crippen LogP contribution is 2.29. The Morgan fingerprint density at radius 2 is 2.00 bits per heavy atom. The molecule has 130 valence electrons. The molecule has 0 spiro atoms. The number of carbonyl (C=O) groups is 3. The van der Waals surface area contributed by atoms with Crippen molar-refractivity contribution in [3.8, 4) is 0 Å². The van der Waals surface area contributed by atoms with Gasteiger partial charge in [0.1, 0.15) is 17.5 Å². The third kappa shape index (κ3) is 3.54. The van der Waals surface area contributed by atoms with E-state index in [4.69, 9.17) is 5.11 Å². The van der Waals surface area contributed by atoms with Crippen molar-refractivity contribution in [2.24, 2.45) is 0 Å². The van der Waals surface area contributed by atoms with Crippen molar-refractivity contribution < 1.29 is 27.9 Å². The van der Waals surface area contributed by atoms with Crippen molar-refractivity contribution in [2.75, 3.05) is 18.6 Å². The van der Waals surface area contributed by atoms with Crippen LogP contribution >= 0.6 is 11.8 Å². The SMILES string of the molecule is CSCCC(NC(=O)CN1C(=O)c2ccccc2S1(=O)=O)C(=O)O. The lowest BCUT2D eigenvalue weighted by Crippen LogP contribution is -2.47. The van der Waals surface area contributed by atoms with Gasteiger partial charge in [-0.25, -0.2) is 17.5 Å². The molecule has 0 fully saturated rings. The minimum atomic E-state index is -4.09. The van der Waals surface area contributed by atoms with Gasteiger partial charge in [0.25, 0.3) is 15.9 Å². The maximum atomic E-state index is 12.3. The van der Waals surface area contributed by atoms with Gasteiger partial charge in [0.05, 0.1) is 5.56 Å². The molecule has 2 amide bonds. The largest absolute Gasteiger partial charge is 0.480 e. The van der Waals surface area contributed by atoms with Crippen LogP contribution in [0.3, 0.4) is 0 Å². The number of benzene rings is 1. The van der Waals surface area contributed by atoms with E-state index in [1.807, 2.05) is 0 Å². The van der Waals surface area contributed by atoms with Crippen molar-refractivity contribution in [2.45, 2.75) is 17.4 Å². The fourth-order valence-electron chi connectivity index (χ4n) is 2.25. The molecule has 0 aromatic heterocycles. The minimum Gasteiger partial charge on any atom is -0.480 e. The number of carboxylic acids is 1. The molecule has 2 N–H and O–H groups in total. The Bertz CT molecular complexity index is 777. The third-order valence-electron chi connectivity index (χ3n) is 3.44. The number of carboxylic acid groups (broad SMARTS) is 1. The van der Waals surface area contributed by atoms with Crippen molar-refractivity contribution in [1.29, 1.82) is 0 Å². The molecule has 10 heteroatoms. The van der Waals surface area contributed by atoms with Gasteiger partial charge in [-0.15, -0.1) is 0 Å². The molecule has 0 saturated carbocycles. The molecule has 0 aliphatic carbocycles. The molecule has 1 heterocycles. The van der Waals surface area contributed by atoms with Crippen LogP contribution < -0.4 is 5.32 Å².